The average molecular weight is 504 g/mol. The van der Waals surface area contributed by atoms with E-state index in [0.29, 0.717) is 34.6 Å². The van der Waals surface area contributed by atoms with Crippen molar-refractivity contribution in [3.63, 3.8) is 0 Å². The third kappa shape index (κ3) is 4.22. The standard InChI is InChI=1S/C27H30FN7O2/c1-27(2,37)25(28)14-31-26(36)21-13-30-23(24-4-3-17-5-15(11-29)12-32-35(17)24)10-22(21)33-16-6-18-8-20-9-19(7-16)34(18)20/h3-5,10,12-13,16,18-20,25,37H,6-9,14H2,1-2H3,(H,30,33)(H,31,36)/t16?,18-,19+,20?,25-/m1/s1. The first-order chi connectivity index (χ1) is 17.7. The lowest BCUT2D eigenvalue weighted by atomic mass is 9.68. The van der Waals surface area contributed by atoms with E-state index in [9.17, 15) is 19.6 Å². The van der Waals surface area contributed by atoms with Crippen molar-refractivity contribution in [3.8, 4) is 17.5 Å². The van der Waals surface area contributed by atoms with Crippen LogP contribution < -0.4 is 10.6 Å². The third-order valence-electron chi connectivity index (χ3n) is 8.07. The number of hydrogen-bond donors (Lipinski definition) is 3. The number of nitrogens with zero attached hydrogens (tertiary/aromatic N) is 5. The molecule has 9 nitrogen and oxygen atoms in total. The van der Waals surface area contributed by atoms with Crippen molar-refractivity contribution in [3.05, 3.63) is 47.8 Å². The number of anilines is 1. The van der Waals surface area contributed by atoms with Crippen molar-refractivity contribution in [1.82, 2.24) is 24.8 Å². The van der Waals surface area contributed by atoms with E-state index >= 15 is 0 Å². The fraction of sp³-hybridized carbons (Fsp3) is 0.481. The molecular formula is C27H30FN7O2. The summed E-state index contributed by atoms with van der Waals surface area (Å²) in [5.74, 6) is -0.449. The van der Waals surface area contributed by atoms with Gasteiger partial charge in [0.15, 0.2) is 0 Å². The van der Waals surface area contributed by atoms with Gasteiger partial charge in [0.1, 0.15) is 12.2 Å². The molecule has 3 aliphatic heterocycles. The number of nitriles is 1. The summed E-state index contributed by atoms with van der Waals surface area (Å²) in [5, 5.41) is 29.7. The van der Waals surface area contributed by atoms with Crippen LogP contribution in [0, 0.1) is 11.3 Å². The zero-order valence-corrected chi connectivity index (χ0v) is 20.9. The molecule has 192 valence electrons. The largest absolute Gasteiger partial charge is 0.387 e. The number of piperidine rings is 2. The van der Waals surface area contributed by atoms with Crippen molar-refractivity contribution in [1.29, 1.82) is 5.26 Å². The monoisotopic (exact) mass is 503 g/mol. The highest BCUT2D eigenvalue weighted by Crippen LogP contribution is 2.49. The average Bonchev–Trinajstić information content (AvgIpc) is 3.26. The van der Waals surface area contributed by atoms with Crippen molar-refractivity contribution < 1.29 is 14.3 Å². The molecule has 6 heterocycles. The van der Waals surface area contributed by atoms with Crippen LogP contribution in [-0.2, 0) is 0 Å². The number of halogens is 1. The number of fused-ring (bicyclic) bond motifs is 1. The normalized spacial score (nSPS) is 25.4. The molecule has 3 N–H and O–H groups in total. The summed E-state index contributed by atoms with van der Waals surface area (Å²) in [6.07, 6.45) is 5.92. The van der Waals surface area contributed by atoms with Crippen LogP contribution in [0.4, 0.5) is 10.1 Å². The van der Waals surface area contributed by atoms with Crippen molar-refractivity contribution >= 4 is 17.1 Å². The van der Waals surface area contributed by atoms with E-state index in [1.807, 2.05) is 18.2 Å². The number of hydrogen-bond acceptors (Lipinski definition) is 7. The molecule has 3 fully saturated rings. The van der Waals surface area contributed by atoms with E-state index in [0.717, 1.165) is 30.1 Å². The van der Waals surface area contributed by atoms with E-state index in [-0.39, 0.29) is 12.6 Å². The van der Waals surface area contributed by atoms with Crippen LogP contribution in [-0.4, -0.2) is 73.0 Å². The van der Waals surface area contributed by atoms with E-state index < -0.39 is 17.7 Å². The zero-order valence-electron chi connectivity index (χ0n) is 20.9. The molecule has 0 bridgehead atoms. The second kappa shape index (κ2) is 8.78. The van der Waals surface area contributed by atoms with Crippen LogP contribution in [0.2, 0.25) is 0 Å². The van der Waals surface area contributed by atoms with Gasteiger partial charge in [0.05, 0.1) is 52.1 Å². The SMILES string of the molecule is CC(C)(O)[C@H](F)CNC(=O)c1cnc(-c2ccc3cc(C#N)cnn23)cc1NC1C[C@@H]2CC3C[C@H](C1)N32. The number of amides is 1. The first-order valence-electron chi connectivity index (χ1n) is 12.8. The van der Waals surface area contributed by atoms with Gasteiger partial charge in [0.2, 0.25) is 0 Å². The number of alkyl halides is 1. The minimum atomic E-state index is -1.61. The van der Waals surface area contributed by atoms with Crippen LogP contribution in [0.3, 0.4) is 0 Å². The van der Waals surface area contributed by atoms with Gasteiger partial charge in [-0.25, -0.2) is 8.91 Å². The molecule has 0 aromatic carbocycles. The number of rotatable bonds is 7. The van der Waals surface area contributed by atoms with Crippen molar-refractivity contribution in [2.75, 3.05) is 11.9 Å². The second-order valence-electron chi connectivity index (χ2n) is 11.1. The number of nitrogens with one attached hydrogen (secondary N) is 2. The molecule has 10 heteroatoms. The highest BCUT2D eigenvalue weighted by molar-refractivity contribution is 6.00. The van der Waals surface area contributed by atoms with Crippen LogP contribution >= 0.6 is 0 Å². The van der Waals surface area contributed by atoms with Gasteiger partial charge in [0.25, 0.3) is 5.91 Å². The van der Waals surface area contributed by atoms with Crippen LogP contribution in [0.25, 0.3) is 16.9 Å². The summed E-state index contributed by atoms with van der Waals surface area (Å²) in [4.78, 5) is 20.3. The maximum atomic E-state index is 14.3. The van der Waals surface area contributed by atoms with E-state index in [4.69, 9.17) is 0 Å². The van der Waals surface area contributed by atoms with Crippen molar-refractivity contribution in [2.45, 2.75) is 75.5 Å². The van der Waals surface area contributed by atoms with Gasteiger partial charge >= 0.3 is 0 Å². The van der Waals surface area contributed by atoms with E-state index in [1.54, 1.807) is 10.6 Å². The van der Waals surface area contributed by atoms with Gasteiger partial charge in [-0.3, -0.25) is 14.7 Å². The minimum absolute atomic E-state index is 0.222. The third-order valence-corrected chi connectivity index (χ3v) is 8.07. The summed E-state index contributed by atoms with van der Waals surface area (Å²) in [5.41, 5.74) is 2.01. The Labute approximate surface area is 214 Å². The lowest BCUT2D eigenvalue weighted by Crippen LogP contribution is -2.73. The van der Waals surface area contributed by atoms with Crippen molar-refractivity contribution in [2.24, 2.45) is 0 Å². The molecule has 3 aromatic heterocycles. The Bertz CT molecular complexity index is 1390. The molecule has 0 saturated carbocycles. The highest BCUT2D eigenvalue weighted by Gasteiger charge is 2.54. The maximum absolute atomic E-state index is 14.3. The smallest absolute Gasteiger partial charge is 0.255 e. The Balaban J connectivity index is 1.30. The Morgan fingerprint density at radius 1 is 1.22 bits per heavy atom. The van der Waals surface area contributed by atoms with Gasteiger partial charge in [-0.15, -0.1) is 0 Å². The Hall–Kier alpha value is -3.55. The van der Waals surface area contributed by atoms with Crippen LogP contribution in [0.5, 0.6) is 0 Å². The number of carbonyl (C=O) groups is 1. The first kappa shape index (κ1) is 23.8. The molecular weight excluding hydrogens is 473 g/mol. The lowest BCUT2D eigenvalue weighted by molar-refractivity contribution is -0.146. The molecule has 5 atom stereocenters. The van der Waals surface area contributed by atoms with E-state index in [1.165, 1.54) is 39.1 Å². The van der Waals surface area contributed by atoms with Gasteiger partial charge in [-0.05, 0) is 63.8 Å². The molecule has 3 aliphatic rings. The predicted molar refractivity (Wildman–Crippen MR) is 136 cm³/mol. The van der Waals surface area contributed by atoms with Gasteiger partial charge in [-0.2, -0.15) is 10.4 Å². The van der Waals surface area contributed by atoms with Crippen LogP contribution in [0.15, 0.2) is 36.7 Å². The summed E-state index contributed by atoms with van der Waals surface area (Å²) >= 11 is 0. The quantitative estimate of drug-likeness (QED) is 0.454. The van der Waals surface area contributed by atoms with Gasteiger partial charge < -0.3 is 15.7 Å². The van der Waals surface area contributed by atoms with Gasteiger partial charge in [-0.1, -0.05) is 0 Å². The number of pyridine rings is 1. The molecule has 6 rings (SSSR count). The maximum Gasteiger partial charge on any atom is 0.255 e. The number of aliphatic hydroxyl groups is 1. The Morgan fingerprint density at radius 2 is 1.95 bits per heavy atom. The topological polar surface area (TPSA) is 119 Å². The summed E-state index contributed by atoms with van der Waals surface area (Å²) in [7, 11) is 0. The predicted octanol–water partition coefficient (Wildman–Crippen LogP) is 2.90. The fourth-order valence-electron chi connectivity index (χ4n) is 6.03. The number of carbonyl (C=O) groups excluding carboxylic acids is 1. The Morgan fingerprint density at radius 3 is 2.62 bits per heavy atom. The molecule has 0 spiro atoms. The second-order valence-corrected chi connectivity index (χ2v) is 11.1. The Kier molecular flexibility index (Phi) is 5.66. The minimum Gasteiger partial charge on any atom is -0.387 e. The fourth-order valence-corrected chi connectivity index (χ4v) is 6.03. The number of aromatic nitrogens is 3. The lowest BCUT2D eigenvalue weighted by Gasteiger charge is -2.66. The first-order valence-corrected chi connectivity index (χ1v) is 12.8. The molecule has 1 amide bonds. The summed E-state index contributed by atoms with van der Waals surface area (Å²) in [6, 6.07) is 11.6. The summed E-state index contributed by atoms with van der Waals surface area (Å²) < 4.78 is 16.0. The zero-order chi connectivity index (χ0) is 25.9. The van der Waals surface area contributed by atoms with Gasteiger partial charge in [0, 0.05) is 30.4 Å². The highest BCUT2D eigenvalue weighted by atomic mass is 19.1. The molecule has 0 radical (unpaired) electrons. The summed E-state index contributed by atoms with van der Waals surface area (Å²) in [6.45, 7) is 2.45. The molecule has 3 aromatic rings. The molecule has 0 aliphatic carbocycles. The molecule has 37 heavy (non-hydrogen) atoms. The van der Waals surface area contributed by atoms with Crippen LogP contribution in [0.1, 0.15) is 55.5 Å². The molecule has 3 saturated heterocycles. The van der Waals surface area contributed by atoms with E-state index in [2.05, 4.69) is 31.7 Å². The molecule has 2 unspecified atom stereocenters.